The van der Waals surface area contributed by atoms with E-state index in [1.54, 1.807) is 18.2 Å². The molecule has 0 amide bonds. The van der Waals surface area contributed by atoms with Crippen molar-refractivity contribution in [2.45, 2.75) is 37.8 Å². The SMILES string of the molecule is C.CC(C)(C)SS(=O)(=O)c1ccccc1Cl. The number of rotatable bonds is 2. The van der Waals surface area contributed by atoms with Crippen LogP contribution < -0.4 is 0 Å². The lowest BCUT2D eigenvalue weighted by atomic mass is 10.3. The first-order valence-electron chi connectivity index (χ1n) is 4.42. The summed E-state index contributed by atoms with van der Waals surface area (Å²) < 4.78 is 23.5. The minimum atomic E-state index is -3.36. The maximum absolute atomic E-state index is 11.9. The van der Waals surface area contributed by atoms with Gasteiger partial charge in [0.05, 0.1) is 9.92 Å². The quantitative estimate of drug-likeness (QED) is 0.762. The summed E-state index contributed by atoms with van der Waals surface area (Å²) in [4.78, 5) is 0.187. The minimum absolute atomic E-state index is 0. The summed E-state index contributed by atoms with van der Waals surface area (Å²) in [5.41, 5.74) is 0. The van der Waals surface area contributed by atoms with Crippen LogP contribution in [0.4, 0.5) is 0 Å². The predicted octanol–water partition coefficient (Wildman–Crippen LogP) is 4.20. The molecule has 0 N–H and O–H groups in total. The Morgan fingerprint density at radius 2 is 1.69 bits per heavy atom. The van der Waals surface area contributed by atoms with Gasteiger partial charge in [0.1, 0.15) is 0 Å². The van der Waals surface area contributed by atoms with Crippen LogP contribution in [0.2, 0.25) is 5.02 Å². The van der Waals surface area contributed by atoms with Gasteiger partial charge < -0.3 is 0 Å². The van der Waals surface area contributed by atoms with Crippen LogP contribution in [0.25, 0.3) is 0 Å². The molecule has 0 bridgehead atoms. The zero-order valence-corrected chi connectivity index (χ0v) is 11.2. The van der Waals surface area contributed by atoms with Crippen LogP contribution in [0.15, 0.2) is 29.2 Å². The second-order valence-corrected chi connectivity index (χ2v) is 9.04. The van der Waals surface area contributed by atoms with E-state index >= 15 is 0 Å². The molecule has 1 rings (SSSR count). The normalized spacial score (nSPS) is 12.0. The Hall–Kier alpha value is -0.190. The van der Waals surface area contributed by atoms with Crippen molar-refractivity contribution < 1.29 is 8.42 Å². The van der Waals surface area contributed by atoms with E-state index in [4.69, 9.17) is 11.6 Å². The largest absolute Gasteiger partial charge is 0.231 e. The van der Waals surface area contributed by atoms with Crippen molar-refractivity contribution in [2.75, 3.05) is 0 Å². The molecule has 92 valence electrons. The highest BCUT2D eigenvalue weighted by Gasteiger charge is 2.25. The number of hydrogen-bond acceptors (Lipinski definition) is 3. The van der Waals surface area contributed by atoms with Gasteiger partial charge in [-0.3, -0.25) is 0 Å². The lowest BCUT2D eigenvalue weighted by molar-refractivity contribution is 0.609. The first-order valence-corrected chi connectivity index (χ1v) is 7.62. The topological polar surface area (TPSA) is 34.1 Å². The van der Waals surface area contributed by atoms with Crippen molar-refractivity contribution in [2.24, 2.45) is 0 Å². The maximum Gasteiger partial charge on any atom is 0.231 e. The van der Waals surface area contributed by atoms with E-state index in [0.717, 1.165) is 10.8 Å². The Balaban J connectivity index is 0.00000225. The molecule has 0 aliphatic heterocycles. The van der Waals surface area contributed by atoms with Gasteiger partial charge in [-0.1, -0.05) is 31.2 Å². The summed E-state index contributed by atoms with van der Waals surface area (Å²) in [6, 6.07) is 6.49. The third kappa shape index (κ3) is 4.36. The predicted molar refractivity (Wildman–Crippen MR) is 72.7 cm³/mol. The molecule has 0 heterocycles. The first-order chi connectivity index (χ1) is 6.72. The number of benzene rings is 1. The molecule has 0 aromatic heterocycles. The lowest BCUT2D eigenvalue weighted by Gasteiger charge is -2.17. The van der Waals surface area contributed by atoms with Crippen LogP contribution in [0, 0.1) is 0 Å². The van der Waals surface area contributed by atoms with Crippen molar-refractivity contribution in [3.05, 3.63) is 29.3 Å². The molecular weight excluding hydrogens is 264 g/mol. The second-order valence-electron chi connectivity index (χ2n) is 4.08. The lowest BCUT2D eigenvalue weighted by Crippen LogP contribution is -2.12. The number of halogens is 1. The fourth-order valence-corrected chi connectivity index (χ4v) is 5.58. The van der Waals surface area contributed by atoms with Crippen molar-refractivity contribution in [3.8, 4) is 0 Å². The molecule has 0 atom stereocenters. The first kappa shape index (κ1) is 15.8. The van der Waals surface area contributed by atoms with Crippen molar-refractivity contribution in [3.63, 3.8) is 0 Å². The van der Waals surface area contributed by atoms with Crippen molar-refractivity contribution >= 4 is 31.3 Å². The summed E-state index contributed by atoms with van der Waals surface area (Å²) in [7, 11) is -2.45. The monoisotopic (exact) mass is 280 g/mol. The van der Waals surface area contributed by atoms with Crippen LogP contribution in [0.3, 0.4) is 0 Å². The van der Waals surface area contributed by atoms with Gasteiger partial charge in [-0.25, -0.2) is 8.42 Å². The van der Waals surface area contributed by atoms with E-state index in [2.05, 4.69) is 0 Å². The van der Waals surface area contributed by atoms with Crippen LogP contribution in [0.1, 0.15) is 28.2 Å². The van der Waals surface area contributed by atoms with E-state index in [0.29, 0.717) is 0 Å². The van der Waals surface area contributed by atoms with Crippen LogP contribution in [0.5, 0.6) is 0 Å². The molecule has 1 aromatic rings. The molecule has 2 nitrogen and oxygen atoms in total. The fourth-order valence-electron chi connectivity index (χ4n) is 1.02. The van der Waals surface area contributed by atoms with Gasteiger partial charge in [0.15, 0.2) is 0 Å². The van der Waals surface area contributed by atoms with Gasteiger partial charge in [-0.15, -0.1) is 0 Å². The van der Waals surface area contributed by atoms with Gasteiger partial charge in [0.2, 0.25) is 8.87 Å². The number of hydrogen-bond donors (Lipinski definition) is 0. The molecule has 0 fully saturated rings. The zero-order valence-electron chi connectivity index (χ0n) is 8.82. The average Bonchev–Trinajstić information content (AvgIpc) is 1.99. The highest BCUT2D eigenvalue weighted by atomic mass is 35.5. The molecule has 0 aliphatic carbocycles. The molecule has 0 radical (unpaired) electrons. The van der Waals surface area contributed by atoms with Crippen molar-refractivity contribution in [1.29, 1.82) is 0 Å². The summed E-state index contributed by atoms with van der Waals surface area (Å²) in [6.07, 6.45) is 0. The van der Waals surface area contributed by atoms with Crippen LogP contribution in [-0.4, -0.2) is 13.2 Å². The van der Waals surface area contributed by atoms with Crippen molar-refractivity contribution in [1.82, 2.24) is 0 Å². The molecule has 0 aliphatic rings. The van der Waals surface area contributed by atoms with Gasteiger partial charge in [0.25, 0.3) is 0 Å². The van der Waals surface area contributed by atoms with Gasteiger partial charge in [0, 0.05) is 4.75 Å². The van der Waals surface area contributed by atoms with E-state index in [1.165, 1.54) is 6.07 Å². The second kappa shape index (κ2) is 5.43. The summed E-state index contributed by atoms with van der Waals surface area (Å²) in [6.45, 7) is 5.56. The molecule has 0 saturated carbocycles. The van der Waals surface area contributed by atoms with Gasteiger partial charge in [-0.05, 0) is 43.7 Å². The van der Waals surface area contributed by atoms with E-state index in [1.807, 2.05) is 20.8 Å². The Kier molecular flexibility index (Phi) is 5.36. The Morgan fingerprint density at radius 1 is 1.19 bits per heavy atom. The molecule has 0 spiro atoms. The third-order valence-electron chi connectivity index (χ3n) is 1.47. The molecular formula is C11H17ClO2S2. The molecule has 0 unspecified atom stereocenters. The Bertz CT molecular complexity index is 447. The van der Waals surface area contributed by atoms with Crippen LogP contribution >= 0.6 is 22.4 Å². The molecule has 0 saturated heterocycles. The van der Waals surface area contributed by atoms with Gasteiger partial charge >= 0.3 is 0 Å². The van der Waals surface area contributed by atoms with E-state index in [9.17, 15) is 8.42 Å². The molecule has 5 heteroatoms. The Morgan fingerprint density at radius 3 is 2.12 bits per heavy atom. The average molecular weight is 281 g/mol. The fraction of sp³-hybridized carbons (Fsp3) is 0.455. The highest BCUT2D eigenvalue weighted by molar-refractivity contribution is 8.72. The zero-order chi connectivity index (χ0) is 11.7. The molecule has 1 aromatic carbocycles. The minimum Gasteiger partial charge on any atom is -0.212 e. The van der Waals surface area contributed by atoms with Crippen LogP contribution in [-0.2, 0) is 8.87 Å². The maximum atomic E-state index is 11.9. The highest BCUT2D eigenvalue weighted by Crippen LogP contribution is 2.36. The smallest absolute Gasteiger partial charge is 0.212 e. The van der Waals surface area contributed by atoms with E-state index in [-0.39, 0.29) is 22.1 Å². The Labute approximate surface area is 107 Å². The molecule has 16 heavy (non-hydrogen) atoms. The third-order valence-corrected chi connectivity index (χ3v) is 6.22. The summed E-state index contributed by atoms with van der Waals surface area (Å²) >= 11 is 5.85. The summed E-state index contributed by atoms with van der Waals surface area (Å²) in [5.74, 6) is 0. The van der Waals surface area contributed by atoms with E-state index < -0.39 is 8.87 Å². The standard InChI is InChI=1S/C10H13ClO2S2.CH4/c1-10(2,3)14-15(12,13)9-7-5-4-6-8(9)11;/h4-7H,1-3H3;1H4. The summed E-state index contributed by atoms with van der Waals surface area (Å²) in [5, 5.41) is 0.272. The van der Waals surface area contributed by atoms with Gasteiger partial charge in [-0.2, -0.15) is 0 Å².